The average molecular weight is 304 g/mol. The summed E-state index contributed by atoms with van der Waals surface area (Å²) in [5.41, 5.74) is 0. The summed E-state index contributed by atoms with van der Waals surface area (Å²) in [7, 11) is -1.00. The number of hydrogen-bond donors (Lipinski definition) is 2. The van der Waals surface area contributed by atoms with Crippen LogP contribution < -0.4 is 10.0 Å². The van der Waals surface area contributed by atoms with E-state index in [2.05, 4.69) is 26.9 Å². The van der Waals surface area contributed by atoms with Crippen molar-refractivity contribution in [2.45, 2.75) is 12.8 Å². The summed E-state index contributed by atoms with van der Waals surface area (Å²) in [6, 6.07) is 0. The molecule has 0 spiro atoms. The van der Waals surface area contributed by atoms with E-state index in [0.29, 0.717) is 19.0 Å². The van der Waals surface area contributed by atoms with Crippen LogP contribution in [0.4, 0.5) is 0 Å². The third-order valence-electron chi connectivity index (χ3n) is 4.32. The van der Waals surface area contributed by atoms with Gasteiger partial charge in [-0.15, -0.1) is 0 Å². The molecule has 0 aromatic carbocycles. The summed E-state index contributed by atoms with van der Waals surface area (Å²) in [4.78, 5) is 4.51. The molecular weight excluding hydrogens is 276 g/mol. The highest BCUT2D eigenvalue weighted by molar-refractivity contribution is 7.89. The maximum absolute atomic E-state index is 12.0. The lowest BCUT2D eigenvalue weighted by Gasteiger charge is -2.29. The minimum atomic E-state index is -3.12. The molecule has 2 aliphatic rings. The van der Waals surface area contributed by atoms with Gasteiger partial charge in [-0.25, -0.2) is 13.1 Å². The molecule has 0 aromatic heterocycles. The Morgan fingerprint density at radius 3 is 2.45 bits per heavy atom. The number of nitrogens with zero attached hydrogens (tertiary/aromatic N) is 2. The molecule has 6 nitrogen and oxygen atoms in total. The Morgan fingerprint density at radius 2 is 1.80 bits per heavy atom. The van der Waals surface area contributed by atoms with Crippen LogP contribution in [-0.2, 0) is 10.0 Å². The summed E-state index contributed by atoms with van der Waals surface area (Å²) >= 11 is 0. The summed E-state index contributed by atoms with van der Waals surface area (Å²) in [6.07, 6.45) is 2.19. The second-order valence-corrected chi connectivity index (χ2v) is 7.93. The van der Waals surface area contributed by atoms with E-state index >= 15 is 0 Å². The molecule has 0 amide bonds. The zero-order chi connectivity index (χ0) is 14.4. The maximum Gasteiger partial charge on any atom is 0.212 e. The minimum absolute atomic E-state index is 0.222. The van der Waals surface area contributed by atoms with Gasteiger partial charge >= 0.3 is 0 Å². The molecule has 118 valence electrons. The standard InChI is InChI=1S/C13H28N4O2S/c1-16-6-2-13(3-7-16)12-15-20(18,19)11-10-17-8-4-14-5-9-17/h13-15H,2-12H2,1H3. The molecule has 2 fully saturated rings. The lowest BCUT2D eigenvalue weighted by atomic mass is 9.98. The first-order valence-corrected chi connectivity index (χ1v) is 9.29. The predicted molar refractivity (Wildman–Crippen MR) is 81.3 cm³/mol. The Bertz CT molecular complexity index is 374. The zero-order valence-corrected chi connectivity index (χ0v) is 13.3. The molecular formula is C13H28N4O2S. The second kappa shape index (κ2) is 7.70. The van der Waals surface area contributed by atoms with Gasteiger partial charge in [0, 0.05) is 39.3 Å². The maximum atomic E-state index is 12.0. The largest absolute Gasteiger partial charge is 0.314 e. The summed E-state index contributed by atoms with van der Waals surface area (Å²) in [6.45, 7) is 7.23. The Kier molecular flexibility index (Phi) is 6.22. The smallest absolute Gasteiger partial charge is 0.212 e. The Balaban J connectivity index is 1.65. The Morgan fingerprint density at radius 1 is 1.15 bits per heavy atom. The molecule has 7 heteroatoms. The fourth-order valence-electron chi connectivity index (χ4n) is 2.77. The predicted octanol–water partition coefficient (Wildman–Crippen LogP) is -0.847. The number of piperazine rings is 1. The van der Waals surface area contributed by atoms with Gasteiger partial charge in [0.25, 0.3) is 0 Å². The quantitative estimate of drug-likeness (QED) is 0.669. The second-order valence-electron chi connectivity index (χ2n) is 6.01. The molecule has 2 N–H and O–H groups in total. The van der Waals surface area contributed by atoms with Gasteiger partial charge in [0.2, 0.25) is 10.0 Å². The monoisotopic (exact) mass is 304 g/mol. The first-order chi connectivity index (χ1) is 9.55. The van der Waals surface area contributed by atoms with Gasteiger partial charge in [0.05, 0.1) is 5.75 Å². The van der Waals surface area contributed by atoms with Crippen LogP contribution in [0.3, 0.4) is 0 Å². The van der Waals surface area contributed by atoms with Crippen LogP contribution in [0.25, 0.3) is 0 Å². The van der Waals surface area contributed by atoms with Crippen LogP contribution in [0.1, 0.15) is 12.8 Å². The molecule has 20 heavy (non-hydrogen) atoms. The van der Waals surface area contributed by atoms with Gasteiger partial charge in [-0.3, -0.25) is 4.90 Å². The van der Waals surface area contributed by atoms with Crippen molar-refractivity contribution in [3.63, 3.8) is 0 Å². The SMILES string of the molecule is CN1CCC(CNS(=O)(=O)CCN2CCNCC2)CC1. The van der Waals surface area contributed by atoms with Crippen LogP contribution in [0.2, 0.25) is 0 Å². The van der Waals surface area contributed by atoms with Gasteiger partial charge in [-0.05, 0) is 38.9 Å². The van der Waals surface area contributed by atoms with Gasteiger partial charge in [-0.1, -0.05) is 0 Å². The van der Waals surface area contributed by atoms with Gasteiger partial charge < -0.3 is 10.2 Å². The molecule has 0 radical (unpaired) electrons. The fourth-order valence-corrected chi connectivity index (χ4v) is 3.90. The minimum Gasteiger partial charge on any atom is -0.314 e. The van der Waals surface area contributed by atoms with E-state index in [-0.39, 0.29) is 5.75 Å². The summed E-state index contributed by atoms with van der Waals surface area (Å²) < 4.78 is 26.8. The van der Waals surface area contributed by atoms with E-state index in [1.165, 1.54) is 0 Å². The molecule has 0 atom stereocenters. The number of sulfonamides is 1. The summed E-state index contributed by atoms with van der Waals surface area (Å²) in [5, 5.41) is 3.27. The van der Waals surface area contributed by atoms with E-state index in [1.54, 1.807) is 0 Å². The first kappa shape index (κ1) is 16.2. The number of piperidine rings is 1. The van der Waals surface area contributed by atoms with Gasteiger partial charge in [-0.2, -0.15) is 0 Å². The number of nitrogens with one attached hydrogen (secondary N) is 2. The van der Waals surface area contributed by atoms with E-state index in [0.717, 1.165) is 52.1 Å². The molecule has 0 aliphatic carbocycles. The third-order valence-corrected chi connectivity index (χ3v) is 5.64. The molecule has 0 saturated carbocycles. The van der Waals surface area contributed by atoms with Crippen molar-refractivity contribution in [3.05, 3.63) is 0 Å². The third kappa shape index (κ3) is 5.65. The van der Waals surface area contributed by atoms with Crippen LogP contribution in [0.5, 0.6) is 0 Å². The highest BCUT2D eigenvalue weighted by atomic mass is 32.2. The number of likely N-dealkylation sites (tertiary alicyclic amines) is 1. The van der Waals surface area contributed by atoms with Crippen LogP contribution in [-0.4, -0.2) is 83.4 Å². The Labute approximate surface area is 122 Å². The molecule has 2 rings (SSSR count). The number of hydrogen-bond acceptors (Lipinski definition) is 5. The van der Waals surface area contributed by atoms with Gasteiger partial charge in [0.15, 0.2) is 0 Å². The zero-order valence-electron chi connectivity index (χ0n) is 12.5. The van der Waals surface area contributed by atoms with Crippen molar-refractivity contribution in [3.8, 4) is 0 Å². The van der Waals surface area contributed by atoms with E-state index in [1.807, 2.05) is 0 Å². The van der Waals surface area contributed by atoms with Crippen molar-refractivity contribution < 1.29 is 8.42 Å². The molecule has 2 heterocycles. The summed E-state index contributed by atoms with van der Waals surface area (Å²) in [5.74, 6) is 0.722. The first-order valence-electron chi connectivity index (χ1n) is 7.64. The van der Waals surface area contributed by atoms with E-state index in [4.69, 9.17) is 0 Å². The normalized spacial score (nSPS) is 24.1. The van der Waals surface area contributed by atoms with Crippen molar-refractivity contribution in [2.24, 2.45) is 5.92 Å². The van der Waals surface area contributed by atoms with Crippen molar-refractivity contribution in [1.29, 1.82) is 0 Å². The fraction of sp³-hybridized carbons (Fsp3) is 1.00. The lowest BCUT2D eigenvalue weighted by molar-refractivity contribution is 0.220. The van der Waals surface area contributed by atoms with Crippen molar-refractivity contribution >= 4 is 10.0 Å². The van der Waals surface area contributed by atoms with E-state index in [9.17, 15) is 8.42 Å². The molecule has 0 bridgehead atoms. The van der Waals surface area contributed by atoms with Crippen molar-refractivity contribution in [2.75, 3.05) is 65.2 Å². The average Bonchev–Trinajstić information content (AvgIpc) is 2.46. The van der Waals surface area contributed by atoms with Crippen LogP contribution >= 0.6 is 0 Å². The topological polar surface area (TPSA) is 64.7 Å². The highest BCUT2D eigenvalue weighted by Crippen LogP contribution is 2.14. The van der Waals surface area contributed by atoms with Crippen LogP contribution in [0.15, 0.2) is 0 Å². The number of rotatable bonds is 6. The van der Waals surface area contributed by atoms with Crippen molar-refractivity contribution in [1.82, 2.24) is 19.8 Å². The lowest BCUT2D eigenvalue weighted by Crippen LogP contribution is -2.46. The molecule has 2 aliphatic heterocycles. The molecule has 2 saturated heterocycles. The van der Waals surface area contributed by atoms with Gasteiger partial charge in [0.1, 0.15) is 0 Å². The van der Waals surface area contributed by atoms with E-state index < -0.39 is 10.0 Å². The van der Waals surface area contributed by atoms with Crippen LogP contribution in [0, 0.1) is 5.92 Å². The molecule has 0 unspecified atom stereocenters. The Hall–Kier alpha value is -0.210. The molecule has 0 aromatic rings. The highest BCUT2D eigenvalue weighted by Gasteiger charge is 2.20.